The second kappa shape index (κ2) is 9.37. The Labute approximate surface area is 170 Å². The summed E-state index contributed by atoms with van der Waals surface area (Å²) in [7, 11) is 0. The molecule has 1 unspecified atom stereocenters. The molecular formula is C23H26N2O4. The molecule has 2 amide bonds. The van der Waals surface area contributed by atoms with Crippen LogP contribution < -0.4 is 15.8 Å². The number of carbonyl (C=O) groups is 3. The van der Waals surface area contributed by atoms with Crippen LogP contribution >= 0.6 is 0 Å². The summed E-state index contributed by atoms with van der Waals surface area (Å²) in [6.45, 7) is 2.24. The number of carbonyl (C=O) groups excluding carboxylic acids is 3. The zero-order chi connectivity index (χ0) is 20.8. The van der Waals surface area contributed by atoms with Gasteiger partial charge in [-0.1, -0.05) is 37.3 Å². The monoisotopic (exact) mass is 394 g/mol. The predicted octanol–water partition coefficient (Wildman–Crippen LogP) is 2.78. The summed E-state index contributed by atoms with van der Waals surface area (Å²) in [6.07, 6.45) is 1.78. The summed E-state index contributed by atoms with van der Waals surface area (Å²) in [5.41, 5.74) is 7.93. The summed E-state index contributed by atoms with van der Waals surface area (Å²) >= 11 is 0. The molecule has 3 N–H and O–H groups in total. The van der Waals surface area contributed by atoms with Gasteiger partial charge in [0.2, 0.25) is 11.8 Å². The molecule has 0 aromatic heterocycles. The van der Waals surface area contributed by atoms with Crippen LogP contribution in [0.15, 0.2) is 48.5 Å². The highest BCUT2D eigenvalue weighted by atomic mass is 16.5. The largest absolute Gasteiger partial charge is 0.489 e. The first-order valence-electron chi connectivity index (χ1n) is 9.90. The first-order chi connectivity index (χ1) is 14.0. The lowest BCUT2D eigenvalue weighted by Gasteiger charge is -2.24. The first kappa shape index (κ1) is 20.6. The first-order valence-corrected chi connectivity index (χ1v) is 9.90. The van der Waals surface area contributed by atoms with E-state index in [0.29, 0.717) is 31.4 Å². The van der Waals surface area contributed by atoms with Crippen LogP contribution in [-0.2, 0) is 22.6 Å². The number of fused-ring (bicyclic) bond motifs is 1. The van der Waals surface area contributed by atoms with Crippen molar-refractivity contribution in [3.63, 3.8) is 0 Å². The van der Waals surface area contributed by atoms with E-state index in [1.807, 2.05) is 36.4 Å². The highest BCUT2D eigenvalue weighted by molar-refractivity contribution is 6.02. The van der Waals surface area contributed by atoms with E-state index in [1.54, 1.807) is 19.1 Å². The Morgan fingerprint density at radius 1 is 1.21 bits per heavy atom. The number of ketones is 1. The third-order valence-corrected chi connectivity index (χ3v) is 5.24. The van der Waals surface area contributed by atoms with Crippen LogP contribution in [0.5, 0.6) is 5.75 Å². The minimum absolute atomic E-state index is 0.0388. The Balaban J connectivity index is 1.61. The molecule has 0 radical (unpaired) electrons. The van der Waals surface area contributed by atoms with E-state index in [1.165, 1.54) is 0 Å². The molecule has 152 valence electrons. The topological polar surface area (TPSA) is 98.5 Å². The van der Waals surface area contributed by atoms with E-state index in [0.717, 1.165) is 16.9 Å². The normalized spacial score (nSPS) is 16.6. The molecule has 1 aliphatic rings. The number of nitrogens with two attached hydrogens (primary N) is 1. The van der Waals surface area contributed by atoms with Crippen molar-refractivity contribution in [2.24, 2.45) is 11.7 Å². The number of benzene rings is 2. The molecular weight excluding hydrogens is 368 g/mol. The molecule has 0 aliphatic heterocycles. The molecule has 2 aromatic carbocycles. The van der Waals surface area contributed by atoms with Gasteiger partial charge in [0.25, 0.3) is 0 Å². The molecule has 0 fully saturated rings. The molecule has 2 atom stereocenters. The van der Waals surface area contributed by atoms with Crippen molar-refractivity contribution in [1.82, 2.24) is 5.32 Å². The van der Waals surface area contributed by atoms with E-state index in [9.17, 15) is 14.4 Å². The van der Waals surface area contributed by atoms with Crippen LogP contribution in [0.2, 0.25) is 0 Å². The number of amides is 2. The van der Waals surface area contributed by atoms with Gasteiger partial charge in [-0.25, -0.2) is 0 Å². The van der Waals surface area contributed by atoms with Crippen molar-refractivity contribution < 1.29 is 19.1 Å². The van der Waals surface area contributed by atoms with Gasteiger partial charge in [0.15, 0.2) is 5.78 Å². The maximum atomic E-state index is 12.8. The Hall–Kier alpha value is -3.15. The summed E-state index contributed by atoms with van der Waals surface area (Å²) in [5, 5.41) is 2.61. The number of Topliss-reactive ketones (excluding diaryl/α,β-unsaturated/α-hetero) is 1. The number of hydrogen-bond acceptors (Lipinski definition) is 4. The van der Waals surface area contributed by atoms with Crippen molar-refractivity contribution in [2.45, 2.75) is 45.3 Å². The molecule has 6 nitrogen and oxygen atoms in total. The van der Waals surface area contributed by atoms with E-state index in [4.69, 9.17) is 10.5 Å². The Bertz CT molecular complexity index is 895. The van der Waals surface area contributed by atoms with Gasteiger partial charge >= 0.3 is 0 Å². The van der Waals surface area contributed by atoms with Gasteiger partial charge in [-0.2, -0.15) is 0 Å². The number of hydrogen-bond donors (Lipinski definition) is 2. The van der Waals surface area contributed by atoms with Gasteiger partial charge in [0.05, 0.1) is 0 Å². The smallest absolute Gasteiger partial charge is 0.239 e. The highest BCUT2D eigenvalue weighted by Gasteiger charge is 2.30. The summed E-state index contributed by atoms with van der Waals surface area (Å²) < 4.78 is 5.84. The molecule has 3 rings (SSSR count). The number of aryl methyl sites for hydroxylation is 1. The van der Waals surface area contributed by atoms with Gasteiger partial charge < -0.3 is 15.8 Å². The van der Waals surface area contributed by atoms with Crippen LogP contribution in [0.4, 0.5) is 0 Å². The van der Waals surface area contributed by atoms with Crippen molar-refractivity contribution >= 4 is 17.6 Å². The van der Waals surface area contributed by atoms with E-state index in [2.05, 4.69) is 5.32 Å². The van der Waals surface area contributed by atoms with Crippen LogP contribution in [0, 0.1) is 5.92 Å². The Morgan fingerprint density at radius 3 is 2.66 bits per heavy atom. The molecule has 2 aromatic rings. The zero-order valence-corrected chi connectivity index (χ0v) is 16.5. The lowest BCUT2D eigenvalue weighted by atomic mass is 9.81. The molecule has 0 saturated carbocycles. The maximum absolute atomic E-state index is 12.8. The fourth-order valence-electron chi connectivity index (χ4n) is 3.57. The molecule has 29 heavy (non-hydrogen) atoms. The van der Waals surface area contributed by atoms with Gasteiger partial charge in [-0.15, -0.1) is 0 Å². The van der Waals surface area contributed by atoms with Crippen molar-refractivity contribution in [1.29, 1.82) is 0 Å². The third-order valence-electron chi connectivity index (χ3n) is 5.24. The van der Waals surface area contributed by atoms with Crippen molar-refractivity contribution in [2.75, 3.05) is 0 Å². The number of primary amides is 1. The van der Waals surface area contributed by atoms with Gasteiger partial charge in [-0.3, -0.25) is 14.4 Å². The number of ether oxygens (including phenoxy) is 1. The number of rotatable bonds is 8. The average molecular weight is 394 g/mol. The van der Waals surface area contributed by atoms with E-state index >= 15 is 0 Å². The van der Waals surface area contributed by atoms with Crippen LogP contribution in [0.25, 0.3) is 0 Å². The Kier molecular flexibility index (Phi) is 6.65. The standard InChI is InChI=1S/C23H26N2O4/c1-2-20(23(24)28)25-21(26)13-17-9-8-16-12-18(10-11-19(16)22(17)27)29-14-15-6-4-3-5-7-15/h3-7,10-12,17,20H,2,8-9,13-14H2,1H3,(H2,24,28)(H,25,26)/t17?,20-/m0/s1. The summed E-state index contributed by atoms with van der Waals surface area (Å²) in [6, 6.07) is 14.7. The third kappa shape index (κ3) is 5.22. The maximum Gasteiger partial charge on any atom is 0.239 e. The van der Waals surface area contributed by atoms with E-state index in [-0.39, 0.29) is 24.0 Å². The molecule has 1 aliphatic carbocycles. The van der Waals surface area contributed by atoms with Gasteiger partial charge in [0, 0.05) is 17.9 Å². The highest BCUT2D eigenvalue weighted by Crippen LogP contribution is 2.30. The quantitative estimate of drug-likeness (QED) is 0.719. The fraction of sp³-hybridized carbons (Fsp3) is 0.348. The predicted molar refractivity (Wildman–Crippen MR) is 109 cm³/mol. The zero-order valence-electron chi connectivity index (χ0n) is 16.5. The molecule has 0 saturated heterocycles. The second-order valence-corrected chi connectivity index (χ2v) is 7.33. The lowest BCUT2D eigenvalue weighted by Crippen LogP contribution is -2.45. The van der Waals surface area contributed by atoms with Crippen LogP contribution in [-0.4, -0.2) is 23.6 Å². The minimum Gasteiger partial charge on any atom is -0.489 e. The SMILES string of the molecule is CC[C@H](NC(=O)CC1CCc2cc(OCc3ccccc3)ccc2C1=O)C(N)=O. The minimum atomic E-state index is -0.696. The van der Waals surface area contributed by atoms with Gasteiger partial charge in [-0.05, 0) is 48.6 Å². The molecule has 0 bridgehead atoms. The second-order valence-electron chi connectivity index (χ2n) is 7.33. The summed E-state index contributed by atoms with van der Waals surface area (Å²) in [5.74, 6) is -0.583. The molecule has 0 heterocycles. The van der Waals surface area contributed by atoms with Crippen molar-refractivity contribution in [3.8, 4) is 5.75 Å². The molecule has 0 spiro atoms. The van der Waals surface area contributed by atoms with Crippen LogP contribution in [0.1, 0.15) is 47.7 Å². The van der Waals surface area contributed by atoms with Crippen molar-refractivity contribution in [3.05, 3.63) is 65.2 Å². The summed E-state index contributed by atoms with van der Waals surface area (Å²) in [4.78, 5) is 36.3. The fourth-order valence-corrected chi connectivity index (χ4v) is 3.57. The van der Waals surface area contributed by atoms with E-state index < -0.39 is 11.9 Å². The number of nitrogens with one attached hydrogen (secondary N) is 1. The Morgan fingerprint density at radius 2 is 1.97 bits per heavy atom. The average Bonchev–Trinajstić information content (AvgIpc) is 2.73. The molecule has 6 heteroatoms. The van der Waals surface area contributed by atoms with Gasteiger partial charge in [0.1, 0.15) is 18.4 Å². The van der Waals surface area contributed by atoms with Crippen LogP contribution in [0.3, 0.4) is 0 Å². The lowest BCUT2D eigenvalue weighted by molar-refractivity contribution is -0.127.